The van der Waals surface area contributed by atoms with Gasteiger partial charge in [0.1, 0.15) is 16.7 Å². The lowest BCUT2D eigenvalue weighted by molar-refractivity contribution is -0.124. The van der Waals surface area contributed by atoms with Crippen LogP contribution in [0.2, 0.25) is 5.15 Å². The van der Waals surface area contributed by atoms with Crippen LogP contribution in [-0.2, 0) is 10.2 Å². The van der Waals surface area contributed by atoms with Crippen molar-refractivity contribution in [3.8, 4) is 16.9 Å². The summed E-state index contributed by atoms with van der Waals surface area (Å²) in [5, 5.41) is 15.0. The predicted molar refractivity (Wildman–Crippen MR) is 171 cm³/mol. The minimum Gasteiger partial charge on any atom is -0.496 e. The molecule has 0 aliphatic heterocycles. The van der Waals surface area contributed by atoms with Gasteiger partial charge in [0.25, 0.3) is 0 Å². The first-order chi connectivity index (χ1) is 20.6. The van der Waals surface area contributed by atoms with Crippen LogP contribution in [0.1, 0.15) is 95.2 Å². The molecule has 0 atom stereocenters. The van der Waals surface area contributed by atoms with Crippen LogP contribution in [0.15, 0.2) is 42.7 Å². The van der Waals surface area contributed by atoms with Crippen molar-refractivity contribution in [1.29, 1.82) is 0 Å². The van der Waals surface area contributed by atoms with E-state index in [0.29, 0.717) is 43.2 Å². The Kier molecular flexibility index (Phi) is 8.33. The van der Waals surface area contributed by atoms with E-state index in [-0.39, 0.29) is 34.8 Å². The number of fused-ring (bicyclic) bond motifs is 3. The normalized spacial score (nSPS) is 27.0. The predicted octanol–water partition coefficient (Wildman–Crippen LogP) is 7.67. The summed E-state index contributed by atoms with van der Waals surface area (Å²) >= 11 is 6.64. The molecule has 1 N–H and O–H groups in total. The number of hydrogen-bond acceptors (Lipinski definition) is 5. The number of nitrogens with zero attached hydrogens (tertiary/aromatic N) is 4. The molecule has 0 saturated heterocycles. The monoisotopic (exact) mass is 604 g/mol. The smallest absolute Gasteiger partial charge is 0.231 e. The minimum atomic E-state index is -0.309. The molecule has 0 radical (unpaired) electrons. The molecule has 7 nitrogen and oxygen atoms in total. The van der Waals surface area contributed by atoms with Gasteiger partial charge in [0, 0.05) is 30.3 Å². The van der Waals surface area contributed by atoms with E-state index in [1.807, 2.05) is 34.1 Å². The average Bonchev–Trinajstić information content (AvgIpc) is 3.52. The number of halogens is 1. The highest BCUT2D eigenvalue weighted by atomic mass is 35.5. The van der Waals surface area contributed by atoms with Gasteiger partial charge in [-0.15, -0.1) is 0 Å². The molecular formula is C35H45ClN4O3. The summed E-state index contributed by atoms with van der Waals surface area (Å²) in [6.45, 7) is 6.98. The second-order valence-corrected chi connectivity index (χ2v) is 14.1. The topological polar surface area (TPSA) is 80.5 Å². The van der Waals surface area contributed by atoms with E-state index in [4.69, 9.17) is 21.3 Å². The molecule has 2 aromatic heterocycles. The van der Waals surface area contributed by atoms with Crippen LogP contribution in [0.5, 0.6) is 5.75 Å². The fraction of sp³-hybridized carbons (Fsp3) is 0.571. The van der Waals surface area contributed by atoms with Crippen LogP contribution in [0.25, 0.3) is 11.1 Å². The van der Waals surface area contributed by atoms with Crippen molar-refractivity contribution in [2.24, 2.45) is 11.3 Å². The van der Waals surface area contributed by atoms with Crippen molar-refractivity contribution < 1.29 is 14.6 Å². The molecular weight excluding hydrogens is 560 g/mol. The molecule has 4 fully saturated rings. The largest absolute Gasteiger partial charge is 0.496 e. The highest BCUT2D eigenvalue weighted by Crippen LogP contribution is 2.58. The van der Waals surface area contributed by atoms with E-state index >= 15 is 0 Å². The summed E-state index contributed by atoms with van der Waals surface area (Å²) in [4.78, 5) is 21.0. The van der Waals surface area contributed by atoms with E-state index in [9.17, 15) is 9.90 Å². The van der Waals surface area contributed by atoms with Crippen LogP contribution >= 0.6 is 11.6 Å². The summed E-state index contributed by atoms with van der Waals surface area (Å²) in [5.74, 6) is 1.57. The molecule has 2 heterocycles. The number of anilines is 1. The van der Waals surface area contributed by atoms with Gasteiger partial charge >= 0.3 is 0 Å². The van der Waals surface area contributed by atoms with Gasteiger partial charge in [0.2, 0.25) is 5.91 Å². The number of amides is 1. The molecule has 0 spiro atoms. The third-order valence-electron chi connectivity index (χ3n) is 10.7. The Balaban J connectivity index is 1.29. The van der Waals surface area contributed by atoms with Gasteiger partial charge in [-0.25, -0.2) is 4.98 Å². The molecule has 1 aromatic carbocycles. The van der Waals surface area contributed by atoms with Gasteiger partial charge in [-0.1, -0.05) is 23.7 Å². The van der Waals surface area contributed by atoms with Crippen molar-refractivity contribution in [3.63, 3.8) is 0 Å². The number of hydrogen-bond donors (Lipinski definition) is 1. The second kappa shape index (κ2) is 11.9. The number of aliphatic hydroxyl groups excluding tert-OH is 1. The number of carbonyl (C=O) groups excluding carboxylic acids is 1. The molecule has 4 aliphatic rings. The molecule has 1 amide bonds. The van der Waals surface area contributed by atoms with Crippen LogP contribution in [0, 0.1) is 18.3 Å². The van der Waals surface area contributed by atoms with Gasteiger partial charge in [0.15, 0.2) is 0 Å². The molecule has 7 rings (SSSR count). The van der Waals surface area contributed by atoms with Crippen molar-refractivity contribution in [3.05, 3.63) is 59.0 Å². The van der Waals surface area contributed by atoms with E-state index < -0.39 is 0 Å². The van der Waals surface area contributed by atoms with Crippen LogP contribution in [0.4, 0.5) is 5.82 Å². The highest BCUT2D eigenvalue weighted by Gasteiger charge is 2.51. The number of ether oxygens (including phenoxy) is 1. The van der Waals surface area contributed by atoms with Crippen LogP contribution in [0.3, 0.4) is 0 Å². The lowest BCUT2D eigenvalue weighted by Crippen LogP contribution is -2.52. The molecule has 4 aliphatic carbocycles. The maximum absolute atomic E-state index is 14.3. The Morgan fingerprint density at radius 2 is 1.77 bits per heavy atom. The first kappa shape index (κ1) is 30.1. The van der Waals surface area contributed by atoms with Crippen molar-refractivity contribution in [2.75, 3.05) is 18.6 Å². The molecule has 4 saturated carbocycles. The zero-order valence-corrected chi connectivity index (χ0v) is 26.7. The standard InChI is InChI=1S/C35H45ClN4O3/c1-23(2)40-21-27(20-37-40)26-18-31(36)38-32(19-26)39(33(42)25-5-8-29(41)9-6-25)22-34-11-14-35(15-12-34,16-13-34)28-7-10-30(43-4)24(3)17-28/h7,10,17-21,23,25,29,41H,5-6,8-9,11-16,22H2,1-4H3. The summed E-state index contributed by atoms with van der Waals surface area (Å²) in [6, 6.07) is 10.8. The fourth-order valence-corrected chi connectivity index (χ4v) is 8.05. The summed E-state index contributed by atoms with van der Waals surface area (Å²) < 4.78 is 7.46. The maximum Gasteiger partial charge on any atom is 0.231 e. The van der Waals surface area contributed by atoms with Crippen LogP contribution < -0.4 is 9.64 Å². The number of pyridine rings is 1. The Bertz CT molecular complexity index is 1450. The number of rotatable bonds is 8. The molecule has 2 bridgehead atoms. The maximum atomic E-state index is 14.3. The zero-order chi connectivity index (χ0) is 30.4. The summed E-state index contributed by atoms with van der Waals surface area (Å²) in [5.41, 5.74) is 4.74. The van der Waals surface area contributed by atoms with Crippen LogP contribution in [-0.4, -0.2) is 45.5 Å². The molecule has 3 aromatic rings. The second-order valence-electron chi connectivity index (χ2n) is 13.7. The Morgan fingerprint density at radius 3 is 2.37 bits per heavy atom. The fourth-order valence-electron chi connectivity index (χ4n) is 7.85. The van der Waals surface area contributed by atoms with Gasteiger partial charge in [-0.2, -0.15) is 5.10 Å². The number of aliphatic hydroxyl groups is 1. The highest BCUT2D eigenvalue weighted by molar-refractivity contribution is 6.29. The Labute approximate surface area is 260 Å². The minimum absolute atomic E-state index is 0.0554. The van der Waals surface area contributed by atoms with Gasteiger partial charge < -0.3 is 9.84 Å². The average molecular weight is 605 g/mol. The van der Waals surface area contributed by atoms with E-state index in [0.717, 1.165) is 55.4 Å². The van der Waals surface area contributed by atoms with Gasteiger partial charge in [0.05, 0.1) is 19.4 Å². The quantitative estimate of drug-likeness (QED) is 0.267. The third-order valence-corrected chi connectivity index (χ3v) is 10.9. The number of aromatic nitrogens is 3. The lowest BCUT2D eigenvalue weighted by atomic mass is 9.51. The Hall–Kier alpha value is -2.90. The zero-order valence-electron chi connectivity index (χ0n) is 26.0. The number of benzene rings is 1. The van der Waals surface area contributed by atoms with Crippen molar-refractivity contribution in [1.82, 2.24) is 14.8 Å². The first-order valence-electron chi connectivity index (χ1n) is 16.0. The first-order valence-corrected chi connectivity index (χ1v) is 16.3. The van der Waals surface area contributed by atoms with E-state index in [1.165, 1.54) is 11.1 Å². The number of carbonyl (C=O) groups is 1. The molecule has 230 valence electrons. The van der Waals surface area contributed by atoms with E-state index in [1.54, 1.807) is 7.11 Å². The summed E-state index contributed by atoms with van der Waals surface area (Å²) in [7, 11) is 1.73. The van der Waals surface area contributed by atoms with Gasteiger partial charge in [-0.05, 0) is 131 Å². The summed E-state index contributed by atoms with van der Waals surface area (Å²) in [6.07, 6.45) is 12.9. The van der Waals surface area contributed by atoms with Gasteiger partial charge in [-0.3, -0.25) is 14.4 Å². The third kappa shape index (κ3) is 5.95. The van der Waals surface area contributed by atoms with Crippen molar-refractivity contribution >= 4 is 23.3 Å². The molecule has 8 heteroatoms. The molecule has 43 heavy (non-hydrogen) atoms. The lowest BCUT2D eigenvalue weighted by Gasteiger charge is -2.55. The SMILES string of the molecule is COc1ccc(C23CCC(CN(C(=O)C4CCC(O)CC4)c4cc(-c5cnn(C(C)C)c5)cc(Cl)n4)(CC2)CC3)cc1C. The Morgan fingerprint density at radius 1 is 1.07 bits per heavy atom. The number of methoxy groups -OCH3 is 1. The number of aryl methyl sites for hydroxylation is 1. The molecule has 0 unspecified atom stereocenters. The van der Waals surface area contributed by atoms with Crippen molar-refractivity contribution in [2.45, 2.75) is 103 Å². The van der Waals surface area contributed by atoms with E-state index in [2.05, 4.69) is 44.1 Å².